The largest absolute Gasteiger partial charge is 0.256 e. The zero-order chi connectivity index (χ0) is 49.2. The Morgan fingerprint density at radius 1 is 0.230 bits per heavy atom. The summed E-state index contributed by atoms with van der Waals surface area (Å²) in [7, 11) is 0. The fraction of sp³-hybridized carbons (Fsp3) is 0. The SMILES string of the molecule is c1ccc(-n2cc(-c3ccccc3-c3cc(-c4ccccc4-c4ccc(-c5cccc(-c6ccc(-c7ccc8ccccc8c7)cc6)c5)nc4)cc(-c4ccccc4-c4cnn(-c5ccccc5)c4)c3)cn2)cc1. The predicted molar refractivity (Wildman–Crippen MR) is 305 cm³/mol. The van der Waals surface area contributed by atoms with Crippen LogP contribution in [0.1, 0.15) is 0 Å². The number of fused-ring (bicyclic) bond motifs is 1. The summed E-state index contributed by atoms with van der Waals surface area (Å²) in [6, 6.07) is 90.6. The molecule has 0 aliphatic rings. The van der Waals surface area contributed by atoms with E-state index in [1.54, 1.807) is 0 Å². The second kappa shape index (κ2) is 19.3. The molecule has 0 aliphatic heterocycles. The molecular weight excluding hydrogens is 899 g/mol. The summed E-state index contributed by atoms with van der Waals surface area (Å²) < 4.78 is 3.88. The van der Waals surface area contributed by atoms with Gasteiger partial charge in [-0.15, -0.1) is 0 Å². The van der Waals surface area contributed by atoms with E-state index in [1.807, 2.05) is 64.4 Å². The van der Waals surface area contributed by atoms with Crippen molar-refractivity contribution >= 4 is 10.8 Å². The molecule has 10 aromatic carbocycles. The second-order valence-corrected chi connectivity index (χ2v) is 18.6. The topological polar surface area (TPSA) is 48.5 Å². The Balaban J connectivity index is 0.869. The summed E-state index contributed by atoms with van der Waals surface area (Å²) in [5.41, 5.74) is 21.8. The lowest BCUT2D eigenvalue weighted by atomic mass is 9.87. The van der Waals surface area contributed by atoms with Crippen LogP contribution in [0.4, 0.5) is 0 Å². The first-order valence-electron chi connectivity index (χ1n) is 25.0. The van der Waals surface area contributed by atoms with Crippen LogP contribution in [0.3, 0.4) is 0 Å². The van der Waals surface area contributed by atoms with Crippen LogP contribution >= 0.6 is 0 Å². The Kier molecular flexibility index (Phi) is 11.5. The monoisotopic (exact) mass is 945 g/mol. The lowest BCUT2D eigenvalue weighted by Crippen LogP contribution is -1.93. The van der Waals surface area contributed by atoms with E-state index in [1.165, 1.54) is 27.5 Å². The molecule has 13 aromatic rings. The highest BCUT2D eigenvalue weighted by atomic mass is 15.3. The molecule has 5 heteroatoms. The van der Waals surface area contributed by atoms with Crippen molar-refractivity contribution in [1.29, 1.82) is 0 Å². The van der Waals surface area contributed by atoms with Crippen LogP contribution in [0.5, 0.6) is 0 Å². The van der Waals surface area contributed by atoms with Crippen LogP contribution in [0.2, 0.25) is 0 Å². The van der Waals surface area contributed by atoms with Crippen molar-refractivity contribution in [2.75, 3.05) is 0 Å². The Morgan fingerprint density at radius 2 is 0.622 bits per heavy atom. The van der Waals surface area contributed by atoms with Gasteiger partial charge in [0.2, 0.25) is 0 Å². The average Bonchev–Trinajstić information content (AvgIpc) is 4.20. The molecule has 0 saturated carbocycles. The van der Waals surface area contributed by atoms with Gasteiger partial charge in [-0.1, -0.05) is 194 Å². The average molecular weight is 946 g/mol. The Bertz CT molecular complexity index is 3970. The molecule has 0 spiro atoms. The lowest BCUT2D eigenvalue weighted by molar-refractivity contribution is 0.881. The van der Waals surface area contributed by atoms with Crippen LogP contribution in [0, 0.1) is 0 Å². The highest BCUT2D eigenvalue weighted by Crippen LogP contribution is 2.42. The molecule has 3 aromatic heterocycles. The summed E-state index contributed by atoms with van der Waals surface area (Å²) in [4.78, 5) is 5.13. The first kappa shape index (κ1) is 44.0. The molecule has 0 unspecified atom stereocenters. The molecule has 3 heterocycles. The highest BCUT2D eigenvalue weighted by Gasteiger charge is 2.18. The number of rotatable bonds is 11. The first-order valence-corrected chi connectivity index (χ1v) is 25.0. The van der Waals surface area contributed by atoms with Crippen molar-refractivity contribution in [3.05, 3.63) is 286 Å². The number of nitrogens with zero attached hydrogens (tertiary/aromatic N) is 5. The van der Waals surface area contributed by atoms with Gasteiger partial charge in [-0.25, -0.2) is 9.36 Å². The van der Waals surface area contributed by atoms with Crippen LogP contribution in [0.15, 0.2) is 286 Å². The van der Waals surface area contributed by atoms with E-state index in [0.717, 1.165) is 95.0 Å². The molecule has 74 heavy (non-hydrogen) atoms. The standard InChI is InChI=1S/C69H47N5/c1-3-20-61(21-4-1)73-46-59(44-71-73)67-28-13-11-26-65(67)57-40-56(41-58(42-57)66-27-12-14-29-68(66)60-45-72-74(47-60)62-22-5-2-6-23-62)64-25-10-9-24-63(64)55-36-37-69(70-43-55)54-19-15-18-52(39-54)49-30-32-50(33-31-49)53-35-34-48-16-7-8-17-51(48)38-53/h1-47H. The molecule has 0 aliphatic carbocycles. The summed E-state index contributed by atoms with van der Waals surface area (Å²) in [5, 5.41) is 12.1. The number of pyridine rings is 1. The van der Waals surface area contributed by atoms with E-state index >= 15 is 0 Å². The van der Waals surface area contributed by atoms with E-state index in [2.05, 4.69) is 231 Å². The third-order valence-electron chi connectivity index (χ3n) is 14.0. The summed E-state index contributed by atoms with van der Waals surface area (Å²) in [6.07, 6.45) is 10.2. The van der Waals surface area contributed by atoms with Crippen molar-refractivity contribution < 1.29 is 0 Å². The molecule has 0 radical (unpaired) electrons. The Labute approximate surface area is 430 Å². The van der Waals surface area contributed by atoms with E-state index in [4.69, 9.17) is 15.2 Å². The second-order valence-electron chi connectivity index (χ2n) is 18.6. The summed E-state index contributed by atoms with van der Waals surface area (Å²) in [5.74, 6) is 0. The molecule has 0 bridgehead atoms. The molecule has 0 N–H and O–H groups in total. The van der Waals surface area contributed by atoms with Gasteiger partial charge in [0, 0.05) is 40.8 Å². The van der Waals surface area contributed by atoms with Gasteiger partial charge in [-0.05, 0) is 144 Å². The fourth-order valence-electron chi connectivity index (χ4n) is 10.2. The number of hydrogen-bond donors (Lipinski definition) is 0. The minimum Gasteiger partial charge on any atom is -0.256 e. The van der Waals surface area contributed by atoms with Gasteiger partial charge in [0.05, 0.1) is 29.5 Å². The van der Waals surface area contributed by atoms with Gasteiger partial charge in [-0.2, -0.15) is 10.2 Å². The van der Waals surface area contributed by atoms with E-state index < -0.39 is 0 Å². The number of benzene rings is 10. The van der Waals surface area contributed by atoms with E-state index in [0.29, 0.717) is 0 Å². The quantitative estimate of drug-likeness (QED) is 0.130. The van der Waals surface area contributed by atoms with Crippen molar-refractivity contribution in [2.45, 2.75) is 0 Å². The zero-order valence-electron chi connectivity index (χ0n) is 40.4. The maximum Gasteiger partial charge on any atom is 0.0702 e. The van der Waals surface area contributed by atoms with Gasteiger partial charge in [0.1, 0.15) is 0 Å². The lowest BCUT2D eigenvalue weighted by Gasteiger charge is -2.17. The van der Waals surface area contributed by atoms with Crippen molar-refractivity contribution in [3.63, 3.8) is 0 Å². The Morgan fingerprint density at radius 3 is 1.12 bits per heavy atom. The molecular formula is C69H47N5. The maximum atomic E-state index is 5.13. The Hall–Kier alpha value is -9.97. The molecule has 0 fully saturated rings. The molecule has 0 amide bonds. The highest BCUT2D eigenvalue weighted by molar-refractivity contribution is 5.94. The van der Waals surface area contributed by atoms with Crippen LogP contribution in [0.25, 0.3) is 122 Å². The molecule has 0 saturated heterocycles. The van der Waals surface area contributed by atoms with Crippen molar-refractivity contribution in [3.8, 4) is 112 Å². The van der Waals surface area contributed by atoms with Crippen LogP contribution in [-0.4, -0.2) is 24.5 Å². The van der Waals surface area contributed by atoms with Crippen molar-refractivity contribution in [1.82, 2.24) is 24.5 Å². The van der Waals surface area contributed by atoms with Gasteiger partial charge >= 0.3 is 0 Å². The normalized spacial score (nSPS) is 11.2. The van der Waals surface area contributed by atoms with Gasteiger partial charge < -0.3 is 0 Å². The van der Waals surface area contributed by atoms with Gasteiger partial charge in [0.25, 0.3) is 0 Å². The van der Waals surface area contributed by atoms with Crippen LogP contribution in [-0.2, 0) is 0 Å². The number of para-hydroxylation sites is 2. The van der Waals surface area contributed by atoms with E-state index in [9.17, 15) is 0 Å². The van der Waals surface area contributed by atoms with Crippen molar-refractivity contribution in [2.24, 2.45) is 0 Å². The fourth-order valence-corrected chi connectivity index (χ4v) is 10.2. The number of hydrogen-bond acceptors (Lipinski definition) is 3. The minimum atomic E-state index is 0.921. The maximum absolute atomic E-state index is 5.13. The third kappa shape index (κ3) is 8.69. The molecule has 5 nitrogen and oxygen atoms in total. The predicted octanol–water partition coefficient (Wildman–Crippen LogP) is 17.6. The number of aromatic nitrogens is 5. The molecule has 348 valence electrons. The van der Waals surface area contributed by atoms with E-state index in [-0.39, 0.29) is 0 Å². The summed E-state index contributed by atoms with van der Waals surface area (Å²) >= 11 is 0. The third-order valence-corrected chi connectivity index (χ3v) is 14.0. The minimum absolute atomic E-state index is 0.921. The summed E-state index contributed by atoms with van der Waals surface area (Å²) in [6.45, 7) is 0. The molecule has 13 rings (SSSR count). The first-order chi connectivity index (χ1) is 36.6. The van der Waals surface area contributed by atoms with Gasteiger partial charge in [0.15, 0.2) is 0 Å². The van der Waals surface area contributed by atoms with Crippen LogP contribution < -0.4 is 0 Å². The van der Waals surface area contributed by atoms with Gasteiger partial charge in [-0.3, -0.25) is 4.98 Å². The smallest absolute Gasteiger partial charge is 0.0702 e. The zero-order valence-corrected chi connectivity index (χ0v) is 40.4. The molecule has 0 atom stereocenters.